The van der Waals surface area contributed by atoms with Gasteiger partial charge in [-0.2, -0.15) is 0 Å². The number of aromatic nitrogens is 1. The zero-order valence-electron chi connectivity index (χ0n) is 34.3. The first kappa shape index (κ1) is 36.4. The van der Waals surface area contributed by atoms with Gasteiger partial charge in [0.15, 0.2) is 5.84 Å². The molecule has 0 fully saturated rings. The van der Waals surface area contributed by atoms with Crippen molar-refractivity contribution < 1.29 is 8.83 Å². The lowest BCUT2D eigenvalue weighted by molar-refractivity contribution is 0.668. The van der Waals surface area contributed by atoms with E-state index in [9.17, 15) is 0 Å². The number of fused-ring (bicyclic) bond motifs is 12. The molecule has 64 heavy (non-hydrogen) atoms. The maximum absolute atomic E-state index is 6.77. The SMILES string of the molecule is NC(=NC(=NCc1cccc2oc3ccc(-c4ccc(-n5c6ccccc6c6ccccc65)c5sc6ccccc6c45)cc3c12)c1ccccc1)c1ccc2c(c1)oc1ccccc12. The largest absolute Gasteiger partial charge is 0.456 e. The number of para-hydroxylation sites is 3. The quantitative estimate of drug-likeness (QED) is 0.134. The summed E-state index contributed by atoms with van der Waals surface area (Å²) in [6.07, 6.45) is 0. The minimum Gasteiger partial charge on any atom is -0.456 e. The molecular weight excluding hydrogens is 805 g/mol. The highest BCUT2D eigenvalue weighted by atomic mass is 32.1. The Kier molecular flexibility index (Phi) is 8.20. The second kappa shape index (κ2) is 14.4. The summed E-state index contributed by atoms with van der Waals surface area (Å²) in [5.41, 5.74) is 18.6. The Morgan fingerprint density at radius 3 is 2.00 bits per heavy atom. The molecule has 9 aromatic carbocycles. The molecule has 0 atom stereocenters. The number of rotatable bonds is 6. The number of furan rings is 2. The average molecular weight is 841 g/mol. The molecule has 4 aromatic heterocycles. The van der Waals surface area contributed by atoms with Gasteiger partial charge in [-0.15, -0.1) is 11.3 Å². The van der Waals surface area contributed by atoms with E-state index in [0.717, 1.165) is 66.1 Å². The lowest BCUT2D eigenvalue weighted by atomic mass is 9.96. The summed E-state index contributed by atoms with van der Waals surface area (Å²) in [4.78, 5) is 10.1. The normalized spacial score (nSPS) is 12.7. The summed E-state index contributed by atoms with van der Waals surface area (Å²) in [6, 6.07) is 67.6. The molecule has 0 unspecified atom stereocenters. The van der Waals surface area contributed by atoms with Crippen LogP contribution in [0.25, 0.3) is 103 Å². The van der Waals surface area contributed by atoms with Gasteiger partial charge >= 0.3 is 0 Å². The Hall–Kier alpha value is -8.26. The Bertz CT molecular complexity index is 4020. The van der Waals surface area contributed by atoms with Crippen molar-refractivity contribution >= 4 is 109 Å². The molecule has 6 nitrogen and oxygen atoms in total. The third-order valence-corrected chi connectivity index (χ3v) is 13.7. The zero-order valence-corrected chi connectivity index (χ0v) is 35.1. The molecule has 13 aromatic rings. The predicted molar refractivity (Wildman–Crippen MR) is 268 cm³/mol. The van der Waals surface area contributed by atoms with Crippen LogP contribution in [0.5, 0.6) is 0 Å². The van der Waals surface area contributed by atoms with Crippen LogP contribution in [0.1, 0.15) is 16.7 Å². The molecule has 0 aliphatic carbocycles. The zero-order chi connectivity index (χ0) is 42.3. The smallest absolute Gasteiger partial charge is 0.157 e. The van der Waals surface area contributed by atoms with Crippen LogP contribution >= 0.6 is 11.3 Å². The van der Waals surface area contributed by atoms with Gasteiger partial charge < -0.3 is 19.1 Å². The summed E-state index contributed by atoms with van der Waals surface area (Å²) in [7, 11) is 0. The highest BCUT2D eigenvalue weighted by Gasteiger charge is 2.21. The van der Waals surface area contributed by atoms with Gasteiger partial charge in [0.2, 0.25) is 0 Å². The molecule has 13 rings (SSSR count). The highest BCUT2D eigenvalue weighted by Crippen LogP contribution is 2.46. The number of nitrogens with zero attached hydrogens (tertiary/aromatic N) is 3. The van der Waals surface area contributed by atoms with Gasteiger partial charge in [-0.05, 0) is 77.4 Å². The fourth-order valence-corrected chi connectivity index (χ4v) is 10.8. The van der Waals surface area contributed by atoms with Crippen LogP contribution in [0.15, 0.2) is 213 Å². The van der Waals surface area contributed by atoms with E-state index in [1.807, 2.05) is 90.2 Å². The number of hydrogen-bond acceptors (Lipinski definition) is 4. The van der Waals surface area contributed by atoms with Gasteiger partial charge in [-0.25, -0.2) is 4.99 Å². The molecule has 0 saturated heterocycles. The fraction of sp³-hybridized carbons (Fsp3) is 0.0175. The van der Waals surface area contributed by atoms with E-state index < -0.39 is 0 Å². The summed E-state index contributed by atoms with van der Waals surface area (Å²) < 4.78 is 17.7. The molecule has 0 aliphatic rings. The van der Waals surface area contributed by atoms with Crippen LogP contribution in [0.2, 0.25) is 0 Å². The van der Waals surface area contributed by atoms with Crippen LogP contribution in [0, 0.1) is 0 Å². The van der Waals surface area contributed by atoms with Crippen molar-refractivity contribution in [2.45, 2.75) is 6.54 Å². The molecule has 4 heterocycles. The molecule has 302 valence electrons. The Morgan fingerprint density at radius 1 is 0.500 bits per heavy atom. The number of benzene rings is 9. The van der Waals surface area contributed by atoms with Crippen molar-refractivity contribution in [2.75, 3.05) is 0 Å². The Morgan fingerprint density at radius 2 is 1.17 bits per heavy atom. The molecular formula is C57H36N4O2S. The second-order valence-corrected chi connectivity index (χ2v) is 17.3. The lowest BCUT2D eigenvalue weighted by Gasteiger charge is -2.13. The molecule has 0 spiro atoms. The van der Waals surface area contributed by atoms with Crippen molar-refractivity contribution in [1.29, 1.82) is 0 Å². The van der Waals surface area contributed by atoms with E-state index >= 15 is 0 Å². The first-order valence-corrected chi connectivity index (χ1v) is 22.2. The van der Waals surface area contributed by atoms with E-state index in [1.165, 1.54) is 53.2 Å². The van der Waals surface area contributed by atoms with Crippen molar-refractivity contribution in [3.8, 4) is 16.8 Å². The van der Waals surface area contributed by atoms with Gasteiger partial charge in [0.25, 0.3) is 0 Å². The third kappa shape index (κ3) is 5.71. The van der Waals surface area contributed by atoms with E-state index in [4.69, 9.17) is 24.6 Å². The topological polar surface area (TPSA) is 82.0 Å². The van der Waals surface area contributed by atoms with Crippen molar-refractivity contribution in [3.63, 3.8) is 0 Å². The van der Waals surface area contributed by atoms with Gasteiger partial charge in [-0.3, -0.25) is 4.99 Å². The van der Waals surface area contributed by atoms with E-state index in [2.05, 4.69) is 120 Å². The van der Waals surface area contributed by atoms with Crippen LogP contribution in [0.4, 0.5) is 0 Å². The molecule has 7 heteroatoms. The third-order valence-electron chi connectivity index (χ3n) is 12.6. The first-order valence-electron chi connectivity index (χ1n) is 21.4. The average Bonchev–Trinajstić information content (AvgIpc) is 4.12. The predicted octanol–water partition coefficient (Wildman–Crippen LogP) is 15.0. The number of nitrogens with two attached hydrogens (primary N) is 1. The number of hydrogen-bond donors (Lipinski definition) is 1. The summed E-state index contributed by atoms with van der Waals surface area (Å²) in [5, 5.41) is 9.19. The van der Waals surface area contributed by atoms with Gasteiger partial charge in [0, 0.05) is 58.9 Å². The number of aliphatic imine (C=N–C) groups is 2. The van der Waals surface area contributed by atoms with E-state index in [1.54, 1.807) is 0 Å². The van der Waals surface area contributed by atoms with Crippen molar-refractivity contribution in [2.24, 2.45) is 15.7 Å². The van der Waals surface area contributed by atoms with Crippen LogP contribution in [-0.2, 0) is 6.54 Å². The monoisotopic (exact) mass is 840 g/mol. The Labute approximate surface area is 370 Å². The van der Waals surface area contributed by atoms with E-state index in [0.29, 0.717) is 18.2 Å². The Balaban J connectivity index is 0.938. The first-order chi connectivity index (χ1) is 31.6. The van der Waals surface area contributed by atoms with E-state index in [-0.39, 0.29) is 0 Å². The summed E-state index contributed by atoms with van der Waals surface area (Å²) >= 11 is 1.86. The maximum Gasteiger partial charge on any atom is 0.157 e. The molecule has 0 bridgehead atoms. The fourth-order valence-electron chi connectivity index (χ4n) is 9.62. The van der Waals surface area contributed by atoms with Crippen LogP contribution < -0.4 is 5.73 Å². The highest BCUT2D eigenvalue weighted by molar-refractivity contribution is 7.26. The molecule has 2 N–H and O–H groups in total. The number of amidine groups is 2. The van der Waals surface area contributed by atoms with Crippen LogP contribution in [-0.4, -0.2) is 16.2 Å². The standard InChI is InChI=1S/C57H36N4O2S/c58-56(36-25-27-42-41-18-6-10-22-48(41)63-51(42)32-36)60-57(34-13-2-1-3-14-34)59-33-37-15-12-23-50-53(37)44-31-35(26-30-49(44)62-50)38-28-29-47(55-54(38)43-19-7-11-24-52(43)64-55)61-45-20-8-4-16-39(45)40-17-5-9-21-46(40)61/h1-32H,33H2,(H2,58,59,60). The molecule has 0 saturated carbocycles. The molecule has 0 radical (unpaired) electrons. The minimum absolute atomic E-state index is 0.359. The van der Waals surface area contributed by atoms with Gasteiger partial charge in [-0.1, -0.05) is 133 Å². The summed E-state index contributed by atoms with van der Waals surface area (Å²) in [6.45, 7) is 0.368. The maximum atomic E-state index is 6.77. The van der Waals surface area contributed by atoms with Crippen LogP contribution in [0.3, 0.4) is 0 Å². The molecule has 0 amide bonds. The molecule has 0 aliphatic heterocycles. The van der Waals surface area contributed by atoms with Gasteiger partial charge in [0.05, 0.1) is 28.0 Å². The number of thiophene rings is 1. The van der Waals surface area contributed by atoms with Crippen molar-refractivity contribution in [3.05, 3.63) is 211 Å². The van der Waals surface area contributed by atoms with Crippen molar-refractivity contribution in [1.82, 2.24) is 4.57 Å². The van der Waals surface area contributed by atoms with Gasteiger partial charge in [0.1, 0.15) is 28.2 Å². The summed E-state index contributed by atoms with van der Waals surface area (Å²) in [5.74, 6) is 0.904. The second-order valence-electron chi connectivity index (χ2n) is 16.2. The minimum atomic E-state index is 0.359. The lowest BCUT2D eigenvalue weighted by Crippen LogP contribution is -2.16.